The number of hydrogen-bond acceptors (Lipinski definition) is 5. The van der Waals surface area contributed by atoms with Gasteiger partial charge in [-0.05, 0) is 99.4 Å². The van der Waals surface area contributed by atoms with E-state index in [0.717, 1.165) is 30.1 Å². The van der Waals surface area contributed by atoms with Gasteiger partial charge in [-0.2, -0.15) is 8.78 Å². The van der Waals surface area contributed by atoms with Crippen LogP contribution in [0.15, 0.2) is 66.7 Å². The second-order valence-corrected chi connectivity index (χ2v) is 9.15. The number of nitrogens with two attached hydrogens (primary N) is 1. The van der Waals surface area contributed by atoms with E-state index in [1.54, 1.807) is 0 Å². The molecular weight excluding hydrogens is 497 g/mol. The Morgan fingerprint density at radius 3 is 2.34 bits per heavy atom. The summed E-state index contributed by atoms with van der Waals surface area (Å²) in [4.78, 5) is 13.3. The van der Waals surface area contributed by atoms with Crippen molar-refractivity contribution in [3.63, 3.8) is 0 Å². The van der Waals surface area contributed by atoms with Crippen LogP contribution >= 0.6 is 0 Å². The van der Waals surface area contributed by atoms with Crippen LogP contribution in [0.1, 0.15) is 30.4 Å². The molecule has 0 unspecified atom stereocenters. The third-order valence-electron chi connectivity index (χ3n) is 6.30. The molecule has 2 aliphatic heterocycles. The topological polar surface area (TPSA) is 74.0 Å². The van der Waals surface area contributed by atoms with Crippen molar-refractivity contribution in [3.8, 4) is 23.0 Å². The van der Waals surface area contributed by atoms with Crippen LogP contribution in [0.5, 0.6) is 23.0 Å². The van der Waals surface area contributed by atoms with Crippen LogP contribution in [0.4, 0.5) is 13.2 Å². The highest BCUT2D eigenvalue weighted by Crippen LogP contribution is 2.32. The maximum absolute atomic E-state index is 13.5. The van der Waals surface area contributed by atoms with Gasteiger partial charge in [0, 0.05) is 5.56 Å². The monoisotopic (exact) mass is 528 g/mol. The fraction of sp³-hybridized carbons (Fsp3) is 0.345. The molecule has 3 aromatic rings. The van der Waals surface area contributed by atoms with Gasteiger partial charge in [0.1, 0.15) is 30.5 Å². The molecule has 5 rings (SSSR count). The van der Waals surface area contributed by atoms with Crippen molar-refractivity contribution in [1.29, 1.82) is 0 Å². The van der Waals surface area contributed by atoms with E-state index < -0.39 is 23.2 Å². The molecule has 0 atom stereocenters. The minimum Gasteiger partial charge on any atom is -0.486 e. The Kier molecular flexibility index (Phi) is 9.12. The summed E-state index contributed by atoms with van der Waals surface area (Å²) in [5, 5.41) is 0. The van der Waals surface area contributed by atoms with Crippen LogP contribution in [-0.2, 0) is 17.1 Å². The van der Waals surface area contributed by atoms with Crippen molar-refractivity contribution in [1.82, 2.24) is 4.90 Å². The summed E-state index contributed by atoms with van der Waals surface area (Å²) in [7, 11) is 0. The number of hydrogen-bond donors (Lipinski definition) is 1. The predicted molar refractivity (Wildman–Crippen MR) is 137 cm³/mol. The predicted octanol–water partition coefficient (Wildman–Crippen LogP) is 5.68. The Hall–Kier alpha value is -3.72. The minimum atomic E-state index is -3.78. The molecule has 0 aromatic heterocycles. The van der Waals surface area contributed by atoms with E-state index in [1.807, 2.05) is 6.07 Å². The van der Waals surface area contributed by atoms with Gasteiger partial charge in [0.2, 0.25) is 0 Å². The molecule has 38 heavy (non-hydrogen) atoms. The summed E-state index contributed by atoms with van der Waals surface area (Å²) < 4.78 is 56.1. The lowest BCUT2D eigenvalue weighted by molar-refractivity contribution is -0.143. The number of alkyl halides is 2. The van der Waals surface area contributed by atoms with Crippen LogP contribution < -0.4 is 19.9 Å². The molecule has 9 heteroatoms. The van der Waals surface area contributed by atoms with Crippen LogP contribution in [-0.4, -0.2) is 43.7 Å². The van der Waals surface area contributed by atoms with Crippen LogP contribution in [0.2, 0.25) is 0 Å². The molecular formula is C29H31F3N2O4. The van der Waals surface area contributed by atoms with Gasteiger partial charge in [-0.15, -0.1) is 0 Å². The van der Waals surface area contributed by atoms with E-state index in [9.17, 15) is 18.0 Å². The fourth-order valence-electron chi connectivity index (χ4n) is 4.29. The molecule has 6 nitrogen and oxygen atoms in total. The third-order valence-corrected chi connectivity index (χ3v) is 6.30. The van der Waals surface area contributed by atoms with Crippen molar-refractivity contribution in [2.24, 2.45) is 5.73 Å². The second-order valence-electron chi connectivity index (χ2n) is 9.15. The van der Waals surface area contributed by atoms with Crippen molar-refractivity contribution in [2.45, 2.75) is 31.6 Å². The van der Waals surface area contributed by atoms with Gasteiger partial charge >= 0.3 is 5.92 Å². The van der Waals surface area contributed by atoms with Gasteiger partial charge in [0.15, 0.2) is 11.5 Å². The lowest BCUT2D eigenvalue weighted by Crippen LogP contribution is -2.32. The van der Waals surface area contributed by atoms with Crippen molar-refractivity contribution in [2.75, 3.05) is 32.8 Å². The Morgan fingerprint density at radius 1 is 0.921 bits per heavy atom. The molecule has 0 saturated carbocycles. The molecule has 2 heterocycles. The summed E-state index contributed by atoms with van der Waals surface area (Å²) in [5.74, 6) is -3.77. The molecule has 0 aliphatic carbocycles. The standard InChI is InChI=1S/C15H21NO2.C14H10F3NO2/c1-2-8-16(7-1)9-3-4-13-5-6-14-15(12-13)18-11-10-17-14;15-10-4-6-11(7-5-10)20-12-3-1-2-9(8-12)14(16,17)13(18)19/h5-6,12H,1-4,7-11H2;1-8H,(H2,18,19). The third kappa shape index (κ3) is 7.41. The van der Waals surface area contributed by atoms with E-state index in [1.165, 1.54) is 80.9 Å². The van der Waals surface area contributed by atoms with E-state index >= 15 is 0 Å². The van der Waals surface area contributed by atoms with Gasteiger partial charge in [-0.1, -0.05) is 18.2 Å². The molecule has 1 saturated heterocycles. The lowest BCUT2D eigenvalue weighted by atomic mass is 10.1. The Bertz CT molecular complexity index is 1210. The molecule has 3 aromatic carbocycles. The SMILES string of the molecule is NC(=O)C(F)(F)c1cccc(Oc2ccc(F)cc2)c1.c1cc2c(cc1CCCN1CCCC1)OCCO2. The molecule has 202 valence electrons. The highest BCUT2D eigenvalue weighted by Gasteiger charge is 2.39. The molecule has 1 amide bonds. The summed E-state index contributed by atoms with van der Waals surface area (Å²) in [5.41, 5.74) is 5.44. The summed E-state index contributed by atoms with van der Waals surface area (Å²) in [6.07, 6.45) is 5.13. The van der Waals surface area contributed by atoms with E-state index in [2.05, 4.69) is 22.8 Å². The van der Waals surface area contributed by atoms with Gasteiger partial charge in [0.05, 0.1) is 0 Å². The van der Waals surface area contributed by atoms with Gasteiger partial charge in [-0.3, -0.25) is 4.79 Å². The number of benzene rings is 3. The number of aryl methyl sites for hydroxylation is 1. The normalized spacial score (nSPS) is 14.9. The van der Waals surface area contributed by atoms with Crippen LogP contribution in [0, 0.1) is 5.82 Å². The number of rotatable bonds is 8. The maximum atomic E-state index is 13.5. The molecule has 2 aliphatic rings. The first-order valence-electron chi connectivity index (χ1n) is 12.6. The van der Waals surface area contributed by atoms with Crippen molar-refractivity contribution in [3.05, 3.63) is 83.7 Å². The first-order valence-corrected chi connectivity index (χ1v) is 12.6. The molecule has 0 bridgehead atoms. The fourth-order valence-corrected chi connectivity index (χ4v) is 4.29. The number of primary amides is 1. The zero-order valence-electron chi connectivity index (χ0n) is 21.0. The van der Waals surface area contributed by atoms with Crippen LogP contribution in [0.25, 0.3) is 0 Å². The number of fused-ring (bicyclic) bond motifs is 1. The molecule has 0 radical (unpaired) electrons. The maximum Gasteiger partial charge on any atom is 0.349 e. The average molecular weight is 529 g/mol. The highest BCUT2D eigenvalue weighted by atomic mass is 19.3. The lowest BCUT2D eigenvalue weighted by Gasteiger charge is -2.19. The first-order chi connectivity index (χ1) is 18.3. The number of carbonyl (C=O) groups excluding carboxylic acids is 1. The Morgan fingerprint density at radius 2 is 1.63 bits per heavy atom. The molecule has 0 spiro atoms. The van der Waals surface area contributed by atoms with E-state index in [0.29, 0.717) is 13.2 Å². The number of carbonyl (C=O) groups is 1. The molecule has 2 N–H and O–H groups in total. The first kappa shape index (κ1) is 27.3. The van der Waals surface area contributed by atoms with E-state index in [4.69, 9.17) is 14.2 Å². The minimum absolute atomic E-state index is 0.0926. The van der Waals surface area contributed by atoms with Crippen molar-refractivity contribution >= 4 is 5.91 Å². The largest absolute Gasteiger partial charge is 0.486 e. The zero-order chi connectivity index (χ0) is 27.0. The van der Waals surface area contributed by atoms with Gasteiger partial charge in [0.25, 0.3) is 5.91 Å². The van der Waals surface area contributed by atoms with Gasteiger partial charge < -0.3 is 24.8 Å². The summed E-state index contributed by atoms with van der Waals surface area (Å²) in [6.45, 7) is 5.16. The zero-order valence-corrected chi connectivity index (χ0v) is 21.0. The Balaban J connectivity index is 0.000000178. The Labute approximate surface area is 220 Å². The highest BCUT2D eigenvalue weighted by molar-refractivity contribution is 5.83. The second kappa shape index (κ2) is 12.7. The molecule has 1 fully saturated rings. The quantitative estimate of drug-likeness (QED) is 0.407. The average Bonchev–Trinajstić information content (AvgIpc) is 3.44. The number of amides is 1. The number of halogens is 3. The number of ether oxygens (including phenoxy) is 3. The van der Waals surface area contributed by atoms with Crippen molar-refractivity contribution < 1.29 is 32.2 Å². The van der Waals surface area contributed by atoms with E-state index in [-0.39, 0.29) is 11.5 Å². The van der Waals surface area contributed by atoms with Gasteiger partial charge in [-0.25, -0.2) is 4.39 Å². The smallest absolute Gasteiger partial charge is 0.349 e. The number of likely N-dealkylation sites (tertiary alicyclic amines) is 1. The summed E-state index contributed by atoms with van der Waals surface area (Å²) in [6, 6.07) is 16.2. The van der Waals surface area contributed by atoms with Crippen LogP contribution in [0.3, 0.4) is 0 Å². The number of nitrogens with zero attached hydrogens (tertiary/aromatic N) is 1. The summed E-state index contributed by atoms with van der Waals surface area (Å²) >= 11 is 0.